The summed E-state index contributed by atoms with van der Waals surface area (Å²) in [6.07, 6.45) is 2.51. The maximum atomic E-state index is 14.0. The molecule has 0 aliphatic carbocycles. The van der Waals surface area contributed by atoms with Gasteiger partial charge < -0.3 is 20.3 Å². The van der Waals surface area contributed by atoms with Crippen molar-refractivity contribution in [2.24, 2.45) is 4.99 Å². The quantitative estimate of drug-likeness (QED) is 0.391. The molecule has 2 aromatic rings. The van der Waals surface area contributed by atoms with E-state index in [9.17, 15) is 4.39 Å². The second-order valence-electron chi connectivity index (χ2n) is 6.83. The summed E-state index contributed by atoms with van der Waals surface area (Å²) in [6.45, 7) is 5.79. The highest BCUT2D eigenvalue weighted by Gasteiger charge is 2.25. The minimum Gasteiger partial charge on any atom is -0.375 e. The van der Waals surface area contributed by atoms with Gasteiger partial charge in [-0.15, -0.1) is 0 Å². The van der Waals surface area contributed by atoms with Gasteiger partial charge in [-0.05, 0) is 43.2 Å². The smallest absolute Gasteiger partial charge is 0.191 e. The number of aliphatic imine (C=N–C) groups is 1. The van der Waals surface area contributed by atoms with Crippen molar-refractivity contribution in [3.8, 4) is 0 Å². The van der Waals surface area contributed by atoms with Gasteiger partial charge in [-0.2, -0.15) is 0 Å². The Hall–Kier alpha value is -2.38. The number of hydrogen-bond acceptors (Lipinski definition) is 4. The maximum absolute atomic E-state index is 14.0. The lowest BCUT2D eigenvalue weighted by molar-refractivity contribution is 0.128. The molecule has 1 aromatic carbocycles. The van der Waals surface area contributed by atoms with Gasteiger partial charge in [0.1, 0.15) is 0 Å². The molecule has 3 rings (SSSR count). The van der Waals surface area contributed by atoms with Gasteiger partial charge in [0.15, 0.2) is 17.6 Å². The number of nitrogens with zero attached hydrogens (tertiary/aromatic N) is 3. The largest absolute Gasteiger partial charge is 0.375 e. The molecule has 0 spiro atoms. The first-order valence-electron chi connectivity index (χ1n) is 9.88. The zero-order valence-electron chi connectivity index (χ0n) is 16.6. The first kappa shape index (κ1) is 21.3. The van der Waals surface area contributed by atoms with Gasteiger partial charge >= 0.3 is 0 Å². The van der Waals surface area contributed by atoms with Gasteiger partial charge in [-0.3, -0.25) is 4.99 Å². The van der Waals surface area contributed by atoms with E-state index < -0.39 is 0 Å². The van der Waals surface area contributed by atoms with Crippen LogP contribution in [0.4, 0.5) is 10.2 Å². The average molecular weight is 420 g/mol. The summed E-state index contributed by atoms with van der Waals surface area (Å²) in [7, 11) is 0. The maximum Gasteiger partial charge on any atom is 0.191 e. The van der Waals surface area contributed by atoms with E-state index in [1.807, 2.05) is 36.1 Å². The van der Waals surface area contributed by atoms with Crippen molar-refractivity contribution in [2.75, 3.05) is 37.7 Å². The number of ether oxygens (including phenoxy) is 1. The zero-order valence-corrected chi connectivity index (χ0v) is 17.3. The van der Waals surface area contributed by atoms with E-state index in [2.05, 4.69) is 20.6 Å². The highest BCUT2D eigenvalue weighted by atomic mass is 35.5. The Labute approximate surface area is 176 Å². The summed E-state index contributed by atoms with van der Waals surface area (Å²) in [5.41, 5.74) is 1.04. The van der Waals surface area contributed by atoms with E-state index in [-0.39, 0.29) is 11.9 Å². The lowest BCUT2D eigenvalue weighted by atomic mass is 10.2. The minimum atomic E-state index is -0.287. The summed E-state index contributed by atoms with van der Waals surface area (Å²) in [6, 6.07) is 10.9. The summed E-state index contributed by atoms with van der Waals surface area (Å²) in [5.74, 6) is 0.867. The molecule has 29 heavy (non-hydrogen) atoms. The molecule has 0 bridgehead atoms. The van der Waals surface area contributed by atoms with Crippen molar-refractivity contribution >= 4 is 23.4 Å². The fraction of sp³-hybridized carbons (Fsp3) is 0.429. The van der Waals surface area contributed by atoms with Crippen LogP contribution in [0.5, 0.6) is 0 Å². The van der Waals surface area contributed by atoms with Crippen LogP contribution in [-0.2, 0) is 11.3 Å². The van der Waals surface area contributed by atoms with Crippen LogP contribution >= 0.6 is 11.6 Å². The van der Waals surface area contributed by atoms with Gasteiger partial charge in [0.25, 0.3) is 0 Å². The first-order chi connectivity index (χ1) is 14.2. The van der Waals surface area contributed by atoms with E-state index in [1.54, 1.807) is 12.3 Å². The number of nitrogens with one attached hydrogen (secondary N) is 2. The summed E-state index contributed by atoms with van der Waals surface area (Å²) < 4.78 is 19.6. The molecule has 0 radical (unpaired) electrons. The average Bonchev–Trinajstić information content (AvgIpc) is 3.16. The van der Waals surface area contributed by atoms with E-state index in [1.165, 1.54) is 6.07 Å². The lowest BCUT2D eigenvalue weighted by Crippen LogP contribution is -2.44. The third kappa shape index (κ3) is 6.58. The molecule has 1 saturated heterocycles. The van der Waals surface area contributed by atoms with Crippen LogP contribution in [0.2, 0.25) is 5.02 Å². The van der Waals surface area contributed by atoms with Crippen LogP contribution in [0.15, 0.2) is 47.6 Å². The number of guanidine groups is 1. The fourth-order valence-corrected chi connectivity index (χ4v) is 3.45. The van der Waals surface area contributed by atoms with Crippen molar-refractivity contribution in [3.05, 3.63) is 59.0 Å². The first-order valence-corrected chi connectivity index (χ1v) is 10.3. The van der Waals surface area contributed by atoms with E-state index in [0.717, 1.165) is 31.0 Å². The fourth-order valence-electron chi connectivity index (χ4n) is 3.23. The Morgan fingerprint density at radius 2 is 2.28 bits per heavy atom. The van der Waals surface area contributed by atoms with Gasteiger partial charge in [-0.25, -0.2) is 9.37 Å². The topological polar surface area (TPSA) is 61.8 Å². The van der Waals surface area contributed by atoms with E-state index in [4.69, 9.17) is 16.3 Å². The highest BCUT2D eigenvalue weighted by Crippen LogP contribution is 2.20. The molecule has 1 atom stereocenters. The van der Waals surface area contributed by atoms with Gasteiger partial charge in [0.2, 0.25) is 0 Å². The SMILES string of the molecule is CCNC(=NCCOCc1cccc(Cl)c1)NC1CCN(c2ncccc2F)C1. The molecule has 2 heterocycles. The molecule has 0 saturated carbocycles. The van der Waals surface area contributed by atoms with Gasteiger partial charge in [0.05, 0.1) is 19.8 Å². The Kier molecular flexibility index (Phi) is 8.07. The lowest BCUT2D eigenvalue weighted by Gasteiger charge is -2.20. The molecule has 1 aromatic heterocycles. The third-order valence-corrected chi connectivity index (χ3v) is 4.81. The Balaban J connectivity index is 1.45. The second kappa shape index (κ2) is 11.0. The predicted octanol–water partition coefficient (Wildman–Crippen LogP) is 3.22. The van der Waals surface area contributed by atoms with Crippen LogP contribution in [0.3, 0.4) is 0 Å². The highest BCUT2D eigenvalue weighted by molar-refractivity contribution is 6.30. The molecule has 156 valence electrons. The third-order valence-electron chi connectivity index (χ3n) is 4.58. The van der Waals surface area contributed by atoms with Crippen LogP contribution in [0, 0.1) is 5.82 Å². The number of anilines is 1. The van der Waals surface area contributed by atoms with Gasteiger partial charge in [-0.1, -0.05) is 23.7 Å². The number of hydrogen-bond donors (Lipinski definition) is 2. The van der Waals surface area contributed by atoms with Crippen LogP contribution in [0.25, 0.3) is 0 Å². The normalized spacial score (nSPS) is 16.9. The number of benzene rings is 1. The van der Waals surface area contributed by atoms with Crippen molar-refractivity contribution in [1.29, 1.82) is 0 Å². The molecular formula is C21H27ClFN5O. The van der Waals surface area contributed by atoms with Crippen molar-refractivity contribution in [1.82, 2.24) is 15.6 Å². The van der Waals surface area contributed by atoms with Crippen LogP contribution < -0.4 is 15.5 Å². The summed E-state index contributed by atoms with van der Waals surface area (Å²) in [5, 5.41) is 7.38. The predicted molar refractivity (Wildman–Crippen MR) is 115 cm³/mol. The number of aromatic nitrogens is 1. The zero-order chi connectivity index (χ0) is 20.5. The molecule has 8 heteroatoms. The molecule has 0 amide bonds. The second-order valence-corrected chi connectivity index (χ2v) is 7.26. The Bertz CT molecular complexity index is 819. The Morgan fingerprint density at radius 3 is 3.07 bits per heavy atom. The molecule has 2 N–H and O–H groups in total. The van der Waals surface area contributed by atoms with E-state index >= 15 is 0 Å². The Morgan fingerprint density at radius 1 is 1.38 bits per heavy atom. The van der Waals surface area contributed by atoms with Crippen molar-refractivity contribution < 1.29 is 9.13 Å². The summed E-state index contributed by atoms with van der Waals surface area (Å²) >= 11 is 5.98. The standard InChI is InChI=1S/C21H27ClFN5O/c1-2-24-21(26-10-12-29-15-16-5-3-6-17(22)13-16)27-18-8-11-28(14-18)20-19(23)7-4-9-25-20/h3-7,9,13,18H,2,8,10-12,14-15H2,1H3,(H2,24,26,27). The molecule has 1 aliphatic heterocycles. The van der Waals surface area contributed by atoms with Gasteiger partial charge in [0, 0.05) is 36.9 Å². The molecule has 1 fully saturated rings. The molecular weight excluding hydrogens is 393 g/mol. The molecule has 6 nitrogen and oxygen atoms in total. The van der Waals surface area contributed by atoms with E-state index in [0.29, 0.717) is 37.1 Å². The van der Waals surface area contributed by atoms with Crippen LogP contribution in [0.1, 0.15) is 18.9 Å². The number of pyridine rings is 1. The summed E-state index contributed by atoms with van der Waals surface area (Å²) in [4.78, 5) is 10.7. The van der Waals surface area contributed by atoms with Crippen LogP contribution in [-0.4, -0.2) is 49.8 Å². The molecule has 1 unspecified atom stereocenters. The van der Waals surface area contributed by atoms with Crippen molar-refractivity contribution in [2.45, 2.75) is 26.0 Å². The number of rotatable bonds is 8. The monoisotopic (exact) mass is 419 g/mol. The number of halogens is 2. The van der Waals surface area contributed by atoms with Crippen molar-refractivity contribution in [3.63, 3.8) is 0 Å². The minimum absolute atomic E-state index is 0.182. The molecule has 1 aliphatic rings.